The summed E-state index contributed by atoms with van der Waals surface area (Å²) in [5.74, 6) is 0. The normalized spacial score (nSPS) is 24.8. The maximum atomic E-state index is 11.3. The number of hydrogen-bond donors (Lipinski definition) is 0. The van der Waals surface area contributed by atoms with Gasteiger partial charge in [-0.1, -0.05) is 32.1 Å². The molecular weight excluding hydrogens is 208 g/mol. The van der Waals surface area contributed by atoms with Crippen molar-refractivity contribution in [2.24, 2.45) is 0 Å². The van der Waals surface area contributed by atoms with Crippen molar-refractivity contribution in [2.75, 3.05) is 0 Å². The Morgan fingerprint density at radius 3 is 1.77 bits per heavy atom. The first-order valence-corrected chi connectivity index (χ1v) is 7.21. The first-order valence-electron chi connectivity index (χ1n) is 4.90. The fourth-order valence-electron chi connectivity index (χ4n) is 1.90. The summed E-state index contributed by atoms with van der Waals surface area (Å²) in [4.78, 5) is 0. The van der Waals surface area contributed by atoms with Gasteiger partial charge in [0.2, 0.25) is 9.05 Å². The van der Waals surface area contributed by atoms with Crippen molar-refractivity contribution >= 4 is 19.7 Å². The first kappa shape index (κ1) is 11.3. The lowest BCUT2D eigenvalue weighted by Gasteiger charge is -2.27. The summed E-state index contributed by atoms with van der Waals surface area (Å²) >= 11 is 0. The first-order chi connectivity index (χ1) is 5.96. The standard InChI is InChI=1S/C9H17ClO2S/c1-9(13(10,11)12)7-5-3-2-4-6-8-9/h2-8H2,1H3. The van der Waals surface area contributed by atoms with Crippen LogP contribution in [0.15, 0.2) is 0 Å². The maximum Gasteiger partial charge on any atom is 0.238 e. The average molecular weight is 225 g/mol. The molecule has 1 saturated carbocycles. The van der Waals surface area contributed by atoms with Gasteiger partial charge in [-0.15, -0.1) is 0 Å². The van der Waals surface area contributed by atoms with E-state index in [9.17, 15) is 8.42 Å². The summed E-state index contributed by atoms with van der Waals surface area (Å²) in [6, 6.07) is 0. The van der Waals surface area contributed by atoms with Gasteiger partial charge in [0, 0.05) is 10.7 Å². The third-order valence-corrected chi connectivity index (χ3v) is 5.70. The third kappa shape index (κ3) is 2.84. The second-order valence-electron chi connectivity index (χ2n) is 4.16. The van der Waals surface area contributed by atoms with E-state index in [0.717, 1.165) is 38.5 Å². The molecule has 78 valence electrons. The van der Waals surface area contributed by atoms with Gasteiger partial charge in [-0.05, 0) is 19.8 Å². The molecule has 13 heavy (non-hydrogen) atoms. The van der Waals surface area contributed by atoms with Crippen LogP contribution in [0.5, 0.6) is 0 Å². The third-order valence-electron chi connectivity index (χ3n) is 3.00. The van der Waals surface area contributed by atoms with Crippen LogP contribution < -0.4 is 0 Å². The van der Waals surface area contributed by atoms with Crippen LogP contribution in [0, 0.1) is 0 Å². The minimum Gasteiger partial charge on any atom is -0.212 e. The quantitative estimate of drug-likeness (QED) is 0.642. The van der Waals surface area contributed by atoms with E-state index >= 15 is 0 Å². The summed E-state index contributed by atoms with van der Waals surface area (Å²) in [7, 11) is 2.06. The van der Waals surface area contributed by atoms with Crippen LogP contribution in [0.4, 0.5) is 0 Å². The SMILES string of the molecule is CC1(S(=O)(=O)Cl)CCCCCCC1. The Morgan fingerprint density at radius 2 is 1.38 bits per heavy atom. The van der Waals surface area contributed by atoms with Crippen molar-refractivity contribution in [1.29, 1.82) is 0 Å². The molecule has 4 heteroatoms. The Balaban J connectivity index is 2.74. The molecular formula is C9H17ClO2S. The molecule has 0 aromatic heterocycles. The second kappa shape index (κ2) is 4.18. The molecule has 0 bridgehead atoms. The van der Waals surface area contributed by atoms with E-state index in [1.54, 1.807) is 6.92 Å². The van der Waals surface area contributed by atoms with Crippen LogP contribution in [-0.4, -0.2) is 13.2 Å². The van der Waals surface area contributed by atoms with Crippen molar-refractivity contribution in [3.63, 3.8) is 0 Å². The molecule has 0 unspecified atom stereocenters. The summed E-state index contributed by atoms with van der Waals surface area (Å²) in [5.41, 5.74) is 0. The summed E-state index contributed by atoms with van der Waals surface area (Å²) < 4.78 is 22.0. The Hall–Kier alpha value is 0.240. The molecule has 0 atom stereocenters. The van der Waals surface area contributed by atoms with Crippen molar-refractivity contribution in [3.05, 3.63) is 0 Å². The fourth-order valence-corrected chi connectivity index (χ4v) is 3.14. The van der Waals surface area contributed by atoms with Gasteiger partial charge in [0.25, 0.3) is 0 Å². The lowest BCUT2D eigenvalue weighted by Crippen LogP contribution is -2.32. The molecule has 0 spiro atoms. The maximum absolute atomic E-state index is 11.3. The summed E-state index contributed by atoms with van der Waals surface area (Å²) in [5, 5.41) is 0. The molecule has 1 aliphatic carbocycles. The Labute approximate surface area is 85.1 Å². The predicted octanol–water partition coefficient (Wildman–Crippen LogP) is 3.06. The van der Waals surface area contributed by atoms with Crippen LogP contribution in [0.25, 0.3) is 0 Å². The van der Waals surface area contributed by atoms with Crippen LogP contribution in [0.2, 0.25) is 0 Å². The van der Waals surface area contributed by atoms with Crippen molar-refractivity contribution < 1.29 is 8.42 Å². The molecule has 1 rings (SSSR count). The van der Waals surface area contributed by atoms with Gasteiger partial charge in [0.15, 0.2) is 0 Å². The Kier molecular flexibility index (Phi) is 3.64. The molecule has 0 aromatic carbocycles. The van der Waals surface area contributed by atoms with Crippen LogP contribution in [0.1, 0.15) is 51.9 Å². The molecule has 2 nitrogen and oxygen atoms in total. The Morgan fingerprint density at radius 1 is 1.00 bits per heavy atom. The van der Waals surface area contributed by atoms with Crippen molar-refractivity contribution in [1.82, 2.24) is 0 Å². The lowest BCUT2D eigenvalue weighted by atomic mass is 9.92. The van der Waals surface area contributed by atoms with Crippen LogP contribution in [0.3, 0.4) is 0 Å². The lowest BCUT2D eigenvalue weighted by molar-refractivity contribution is 0.415. The Bertz CT molecular complexity index is 251. The minimum atomic E-state index is -3.39. The number of rotatable bonds is 1. The van der Waals surface area contributed by atoms with E-state index in [4.69, 9.17) is 10.7 Å². The highest BCUT2D eigenvalue weighted by Crippen LogP contribution is 2.34. The number of hydrogen-bond acceptors (Lipinski definition) is 2. The molecule has 0 aromatic rings. The molecule has 0 heterocycles. The van der Waals surface area contributed by atoms with E-state index in [2.05, 4.69) is 0 Å². The van der Waals surface area contributed by atoms with Crippen LogP contribution in [-0.2, 0) is 9.05 Å². The highest BCUT2D eigenvalue weighted by Gasteiger charge is 2.37. The smallest absolute Gasteiger partial charge is 0.212 e. The molecule has 1 aliphatic rings. The van der Waals surface area contributed by atoms with Crippen molar-refractivity contribution in [2.45, 2.75) is 56.6 Å². The van der Waals surface area contributed by atoms with E-state index in [1.807, 2.05) is 0 Å². The van der Waals surface area contributed by atoms with E-state index in [1.165, 1.54) is 6.42 Å². The van der Waals surface area contributed by atoms with Gasteiger partial charge in [0.05, 0.1) is 4.75 Å². The summed E-state index contributed by atoms with van der Waals surface area (Å²) in [6.07, 6.45) is 6.94. The average Bonchev–Trinajstić information content (AvgIpc) is 1.94. The van der Waals surface area contributed by atoms with Crippen molar-refractivity contribution in [3.8, 4) is 0 Å². The van der Waals surface area contributed by atoms with Gasteiger partial charge in [0.1, 0.15) is 0 Å². The van der Waals surface area contributed by atoms with Gasteiger partial charge < -0.3 is 0 Å². The van der Waals surface area contributed by atoms with Gasteiger partial charge >= 0.3 is 0 Å². The predicted molar refractivity (Wildman–Crippen MR) is 55.5 cm³/mol. The van der Waals surface area contributed by atoms with E-state index in [-0.39, 0.29) is 0 Å². The molecule has 0 saturated heterocycles. The highest BCUT2D eigenvalue weighted by molar-refractivity contribution is 8.14. The van der Waals surface area contributed by atoms with Gasteiger partial charge in [-0.2, -0.15) is 0 Å². The molecule has 1 fully saturated rings. The molecule has 0 aliphatic heterocycles. The zero-order valence-electron chi connectivity index (χ0n) is 8.05. The zero-order chi connectivity index (χ0) is 9.95. The highest BCUT2D eigenvalue weighted by atomic mass is 35.7. The zero-order valence-corrected chi connectivity index (χ0v) is 9.62. The van der Waals surface area contributed by atoms with E-state index in [0.29, 0.717) is 0 Å². The molecule has 0 radical (unpaired) electrons. The minimum absolute atomic E-state index is 0.672. The van der Waals surface area contributed by atoms with Gasteiger partial charge in [-0.3, -0.25) is 0 Å². The summed E-state index contributed by atoms with van der Waals surface area (Å²) in [6.45, 7) is 1.78. The molecule has 0 N–H and O–H groups in total. The largest absolute Gasteiger partial charge is 0.238 e. The molecule has 0 amide bonds. The van der Waals surface area contributed by atoms with Gasteiger partial charge in [-0.25, -0.2) is 8.42 Å². The van der Waals surface area contributed by atoms with Crippen LogP contribution >= 0.6 is 10.7 Å². The fraction of sp³-hybridized carbons (Fsp3) is 1.00. The number of halogens is 1. The monoisotopic (exact) mass is 224 g/mol. The van der Waals surface area contributed by atoms with E-state index < -0.39 is 13.8 Å². The second-order valence-corrected chi connectivity index (χ2v) is 7.24. The topological polar surface area (TPSA) is 34.1 Å².